The number of likely N-dealkylation sites (tertiary alicyclic amines) is 2. The Morgan fingerprint density at radius 2 is 1.94 bits per heavy atom. The standard InChI is InChI=1S/C20H29N5O4S2/c1-14(2)25-13-19(30-22-25)23-9-6-15(7-10-23)24-11-8-17(20(24)26)29-16-4-5-18(21-12-16)31(3,27)28/h4-5,12-15,17,22H,6-11H2,1-3H3. The predicted molar refractivity (Wildman–Crippen MR) is 118 cm³/mol. The van der Waals surface area contributed by atoms with Crippen molar-refractivity contribution in [2.24, 2.45) is 0 Å². The molecule has 1 aromatic heterocycles. The summed E-state index contributed by atoms with van der Waals surface area (Å²) in [7, 11) is -3.36. The zero-order chi connectivity index (χ0) is 22.2. The lowest BCUT2D eigenvalue weighted by atomic mass is 10.0. The second kappa shape index (κ2) is 8.87. The molecular weight excluding hydrogens is 438 g/mol. The van der Waals surface area contributed by atoms with Gasteiger partial charge in [-0.3, -0.25) is 4.79 Å². The average Bonchev–Trinajstić information content (AvgIpc) is 3.36. The van der Waals surface area contributed by atoms with Gasteiger partial charge < -0.3 is 19.5 Å². The molecule has 4 rings (SSSR count). The third-order valence-corrected chi connectivity index (χ3v) is 7.71. The van der Waals surface area contributed by atoms with Crippen LogP contribution in [0.2, 0.25) is 0 Å². The molecule has 0 aliphatic carbocycles. The zero-order valence-corrected chi connectivity index (χ0v) is 19.7. The minimum absolute atomic E-state index is 0.00626. The number of amides is 1. The fourth-order valence-electron chi connectivity index (χ4n) is 4.04. The number of carbonyl (C=O) groups is 1. The number of rotatable bonds is 6. The van der Waals surface area contributed by atoms with E-state index < -0.39 is 15.9 Å². The van der Waals surface area contributed by atoms with Crippen LogP contribution in [-0.2, 0) is 14.6 Å². The second-order valence-electron chi connectivity index (χ2n) is 8.41. The zero-order valence-electron chi connectivity index (χ0n) is 18.0. The molecular formula is C20H29N5O4S2. The molecule has 3 aliphatic rings. The number of hydrazine groups is 1. The number of hydrogen-bond acceptors (Lipinski definition) is 9. The molecule has 3 aliphatic heterocycles. The molecule has 2 saturated heterocycles. The summed E-state index contributed by atoms with van der Waals surface area (Å²) in [5, 5.41) is 3.33. The lowest BCUT2D eigenvalue weighted by Gasteiger charge is -2.37. The van der Waals surface area contributed by atoms with Crippen molar-refractivity contribution in [3.63, 3.8) is 0 Å². The molecule has 1 unspecified atom stereocenters. The number of pyridine rings is 1. The molecule has 0 bridgehead atoms. The molecule has 0 spiro atoms. The summed E-state index contributed by atoms with van der Waals surface area (Å²) < 4.78 is 28.9. The summed E-state index contributed by atoms with van der Waals surface area (Å²) in [6.07, 6.45) is 6.58. The fourth-order valence-corrected chi connectivity index (χ4v) is 5.54. The normalized spacial score (nSPS) is 23.1. The van der Waals surface area contributed by atoms with E-state index in [2.05, 4.69) is 39.8 Å². The first-order chi connectivity index (χ1) is 14.7. The summed E-state index contributed by atoms with van der Waals surface area (Å²) in [4.78, 5) is 24.5. The smallest absolute Gasteiger partial charge is 0.263 e. The van der Waals surface area contributed by atoms with Crippen LogP contribution in [0, 0.1) is 0 Å². The molecule has 2 fully saturated rings. The van der Waals surface area contributed by atoms with E-state index in [1.165, 1.54) is 17.3 Å². The van der Waals surface area contributed by atoms with Crippen molar-refractivity contribution in [1.82, 2.24) is 24.6 Å². The highest BCUT2D eigenvalue weighted by Crippen LogP contribution is 2.31. The van der Waals surface area contributed by atoms with Crippen LogP contribution in [0.5, 0.6) is 5.75 Å². The van der Waals surface area contributed by atoms with E-state index in [1.54, 1.807) is 18.0 Å². The Morgan fingerprint density at radius 1 is 1.19 bits per heavy atom. The summed E-state index contributed by atoms with van der Waals surface area (Å²) in [5.74, 6) is 0.419. The van der Waals surface area contributed by atoms with Gasteiger partial charge >= 0.3 is 0 Å². The fraction of sp³-hybridized carbons (Fsp3) is 0.600. The van der Waals surface area contributed by atoms with Crippen LogP contribution >= 0.6 is 11.9 Å². The molecule has 1 amide bonds. The highest BCUT2D eigenvalue weighted by Gasteiger charge is 2.39. The molecule has 4 heterocycles. The number of aromatic nitrogens is 1. The first kappa shape index (κ1) is 22.2. The summed E-state index contributed by atoms with van der Waals surface area (Å²) in [6.45, 7) is 6.81. The summed E-state index contributed by atoms with van der Waals surface area (Å²) >= 11 is 1.64. The van der Waals surface area contributed by atoms with E-state index in [1.807, 2.05) is 4.90 Å². The maximum absolute atomic E-state index is 12.9. The van der Waals surface area contributed by atoms with Gasteiger partial charge in [0, 0.05) is 50.6 Å². The van der Waals surface area contributed by atoms with E-state index in [9.17, 15) is 13.2 Å². The van der Waals surface area contributed by atoms with Gasteiger partial charge in [0.05, 0.1) is 6.20 Å². The van der Waals surface area contributed by atoms with Crippen molar-refractivity contribution in [2.45, 2.75) is 56.3 Å². The SMILES string of the molecule is CC(C)N1C=C(N2CCC(N3CCC(Oc4ccc(S(C)(=O)=O)nc4)C3=O)CC2)SN1. The van der Waals surface area contributed by atoms with Crippen LogP contribution in [0.4, 0.5) is 0 Å². The summed E-state index contributed by atoms with van der Waals surface area (Å²) in [6, 6.07) is 3.59. The first-order valence-corrected chi connectivity index (χ1v) is 13.2. The molecule has 1 aromatic rings. The van der Waals surface area contributed by atoms with Crippen molar-refractivity contribution < 1.29 is 17.9 Å². The van der Waals surface area contributed by atoms with Crippen molar-refractivity contribution in [1.29, 1.82) is 0 Å². The van der Waals surface area contributed by atoms with Gasteiger partial charge in [0.1, 0.15) is 10.8 Å². The van der Waals surface area contributed by atoms with Crippen molar-refractivity contribution >= 4 is 27.7 Å². The van der Waals surface area contributed by atoms with E-state index in [-0.39, 0.29) is 17.0 Å². The van der Waals surface area contributed by atoms with Crippen molar-refractivity contribution in [2.75, 3.05) is 25.9 Å². The Labute approximate surface area is 187 Å². The maximum Gasteiger partial charge on any atom is 0.263 e. The molecule has 11 heteroatoms. The van der Waals surface area contributed by atoms with E-state index in [0.717, 1.165) is 32.2 Å². The van der Waals surface area contributed by atoms with E-state index in [4.69, 9.17) is 4.74 Å². The topological polar surface area (TPSA) is 95.1 Å². The van der Waals surface area contributed by atoms with Crippen LogP contribution in [0.15, 0.2) is 34.6 Å². The number of ether oxygens (including phenoxy) is 1. The minimum atomic E-state index is -3.36. The van der Waals surface area contributed by atoms with Crippen LogP contribution in [0.3, 0.4) is 0 Å². The number of piperidine rings is 1. The van der Waals surface area contributed by atoms with E-state index >= 15 is 0 Å². The molecule has 9 nitrogen and oxygen atoms in total. The molecule has 0 radical (unpaired) electrons. The first-order valence-electron chi connectivity index (χ1n) is 10.5. The van der Waals surface area contributed by atoms with Gasteiger partial charge in [-0.1, -0.05) is 0 Å². The largest absolute Gasteiger partial charge is 0.479 e. The van der Waals surface area contributed by atoms with Crippen LogP contribution in [-0.4, -0.2) is 78.2 Å². The predicted octanol–water partition coefficient (Wildman–Crippen LogP) is 1.60. The third-order valence-electron chi connectivity index (χ3n) is 5.84. The van der Waals surface area contributed by atoms with Crippen LogP contribution < -0.4 is 9.57 Å². The molecule has 1 N–H and O–H groups in total. The van der Waals surface area contributed by atoms with Crippen LogP contribution in [0.25, 0.3) is 0 Å². The second-order valence-corrected chi connectivity index (χ2v) is 11.2. The number of carbonyl (C=O) groups excluding carboxylic acids is 1. The van der Waals surface area contributed by atoms with Gasteiger partial charge in [-0.15, -0.1) is 0 Å². The van der Waals surface area contributed by atoms with Crippen molar-refractivity contribution in [3.05, 3.63) is 29.6 Å². The molecule has 0 aromatic carbocycles. The maximum atomic E-state index is 12.9. The Morgan fingerprint density at radius 3 is 2.52 bits per heavy atom. The Kier molecular flexibility index (Phi) is 6.36. The highest BCUT2D eigenvalue weighted by molar-refractivity contribution is 8.01. The Hall–Kier alpha value is -1.98. The lowest BCUT2D eigenvalue weighted by molar-refractivity contribution is -0.136. The monoisotopic (exact) mass is 467 g/mol. The van der Waals surface area contributed by atoms with Crippen LogP contribution in [0.1, 0.15) is 33.1 Å². The lowest BCUT2D eigenvalue weighted by Crippen LogP contribution is -2.46. The molecule has 31 heavy (non-hydrogen) atoms. The number of nitrogens with one attached hydrogen (secondary N) is 1. The third kappa shape index (κ3) is 4.93. The van der Waals surface area contributed by atoms with Gasteiger partial charge in [-0.05, 0) is 50.8 Å². The Balaban J connectivity index is 1.30. The van der Waals surface area contributed by atoms with Gasteiger partial charge in [0.25, 0.3) is 5.91 Å². The number of sulfone groups is 1. The minimum Gasteiger partial charge on any atom is -0.479 e. The number of nitrogens with zero attached hydrogens (tertiary/aromatic N) is 4. The molecule has 170 valence electrons. The van der Waals surface area contributed by atoms with Gasteiger partial charge in [-0.25, -0.2) is 13.4 Å². The van der Waals surface area contributed by atoms with Gasteiger partial charge in [0.15, 0.2) is 21.0 Å². The van der Waals surface area contributed by atoms with E-state index in [0.29, 0.717) is 24.8 Å². The van der Waals surface area contributed by atoms with Gasteiger partial charge in [-0.2, -0.15) is 4.83 Å². The quantitative estimate of drug-likeness (QED) is 0.626. The van der Waals surface area contributed by atoms with Gasteiger partial charge in [0.2, 0.25) is 0 Å². The summed E-state index contributed by atoms with van der Waals surface area (Å²) in [5.41, 5.74) is 0. The van der Waals surface area contributed by atoms with Crippen molar-refractivity contribution in [3.8, 4) is 5.75 Å². The average molecular weight is 468 g/mol. The highest BCUT2D eigenvalue weighted by atomic mass is 32.2. The Bertz CT molecular complexity index is 943. The number of hydrogen-bond donors (Lipinski definition) is 1. The molecule has 1 atom stereocenters. The molecule has 0 saturated carbocycles.